The van der Waals surface area contributed by atoms with Gasteiger partial charge in [-0.1, -0.05) is 21.9 Å². The van der Waals surface area contributed by atoms with Gasteiger partial charge in [-0.25, -0.2) is 4.98 Å². The first-order valence-electron chi connectivity index (χ1n) is 3.33. The zero-order valence-corrected chi connectivity index (χ0v) is 7.84. The Morgan fingerprint density at radius 3 is 2.92 bits per heavy atom. The lowest BCUT2D eigenvalue weighted by Crippen LogP contribution is -1.85. The molecule has 0 aromatic carbocycles. The molecule has 0 fully saturated rings. The fraction of sp³-hybridized carbons (Fsp3) is 0.111. The number of aromatic nitrogens is 1. The van der Waals surface area contributed by atoms with Gasteiger partial charge in [0.05, 0.1) is 5.33 Å². The van der Waals surface area contributed by atoms with E-state index in [2.05, 4.69) is 32.8 Å². The van der Waals surface area contributed by atoms with Crippen molar-refractivity contribution in [3.8, 4) is 11.8 Å². The van der Waals surface area contributed by atoms with Crippen molar-refractivity contribution in [2.45, 2.75) is 0 Å². The lowest BCUT2D eigenvalue weighted by molar-refractivity contribution is 0.112. The molecule has 0 aliphatic heterocycles. The Hall–Kier alpha value is -1.14. The fourth-order valence-corrected chi connectivity index (χ4v) is 0.813. The third kappa shape index (κ3) is 2.48. The van der Waals surface area contributed by atoms with E-state index in [-0.39, 0.29) is 0 Å². The molecule has 60 valence electrons. The molecule has 0 aliphatic carbocycles. The summed E-state index contributed by atoms with van der Waals surface area (Å²) >= 11 is 3.18. The van der Waals surface area contributed by atoms with Crippen LogP contribution in [0.1, 0.15) is 16.1 Å². The van der Waals surface area contributed by atoms with Gasteiger partial charge in [-0.3, -0.25) is 4.79 Å². The summed E-state index contributed by atoms with van der Waals surface area (Å²) < 4.78 is 0. The number of rotatable bonds is 1. The quantitative estimate of drug-likeness (QED) is 0.412. The van der Waals surface area contributed by atoms with E-state index in [9.17, 15) is 4.79 Å². The molecule has 12 heavy (non-hydrogen) atoms. The number of alkyl halides is 1. The summed E-state index contributed by atoms with van der Waals surface area (Å²) in [4.78, 5) is 14.2. The van der Waals surface area contributed by atoms with Gasteiger partial charge in [0.1, 0.15) is 5.69 Å². The third-order valence-electron chi connectivity index (χ3n) is 1.21. The van der Waals surface area contributed by atoms with Crippen molar-refractivity contribution in [3.63, 3.8) is 0 Å². The summed E-state index contributed by atoms with van der Waals surface area (Å²) in [7, 11) is 0. The number of carbonyl (C=O) groups is 1. The van der Waals surface area contributed by atoms with E-state index in [1.807, 2.05) is 0 Å². The van der Waals surface area contributed by atoms with Crippen LogP contribution in [0.5, 0.6) is 0 Å². The molecule has 1 aromatic rings. The molecule has 0 bridgehead atoms. The molecule has 0 amide bonds. The molecule has 1 aromatic heterocycles. The summed E-state index contributed by atoms with van der Waals surface area (Å²) in [6.45, 7) is 0. The Morgan fingerprint density at radius 1 is 1.58 bits per heavy atom. The zero-order chi connectivity index (χ0) is 8.81. The highest BCUT2D eigenvalue weighted by Crippen LogP contribution is 1.95. The maximum Gasteiger partial charge on any atom is 0.151 e. The van der Waals surface area contributed by atoms with E-state index >= 15 is 0 Å². The zero-order valence-electron chi connectivity index (χ0n) is 6.25. The topological polar surface area (TPSA) is 30.0 Å². The Balaban J connectivity index is 2.84. The Kier molecular flexibility index (Phi) is 3.49. The van der Waals surface area contributed by atoms with Crippen LogP contribution in [0.2, 0.25) is 0 Å². The summed E-state index contributed by atoms with van der Waals surface area (Å²) in [6, 6.07) is 3.41. The van der Waals surface area contributed by atoms with Gasteiger partial charge in [0.15, 0.2) is 6.29 Å². The number of pyridine rings is 1. The van der Waals surface area contributed by atoms with Crippen molar-refractivity contribution in [2.75, 3.05) is 5.33 Å². The smallest absolute Gasteiger partial charge is 0.151 e. The summed E-state index contributed by atoms with van der Waals surface area (Å²) in [5, 5.41) is 0.629. The minimum Gasteiger partial charge on any atom is -0.298 e. The van der Waals surface area contributed by atoms with Gasteiger partial charge in [-0.2, -0.15) is 0 Å². The summed E-state index contributed by atoms with van der Waals surface area (Å²) in [6.07, 6.45) is 2.26. The molecular weight excluding hydrogens is 218 g/mol. The number of nitrogens with zero attached hydrogens (tertiary/aromatic N) is 1. The molecule has 0 aliphatic rings. The summed E-state index contributed by atoms with van der Waals surface area (Å²) in [5.74, 6) is 5.64. The van der Waals surface area contributed by atoms with Crippen LogP contribution in [0.4, 0.5) is 0 Å². The molecule has 0 spiro atoms. The van der Waals surface area contributed by atoms with Gasteiger partial charge in [-0.15, -0.1) is 0 Å². The van der Waals surface area contributed by atoms with Gasteiger partial charge >= 0.3 is 0 Å². The average Bonchev–Trinajstić information content (AvgIpc) is 2.15. The van der Waals surface area contributed by atoms with E-state index in [1.54, 1.807) is 12.1 Å². The van der Waals surface area contributed by atoms with Crippen LogP contribution < -0.4 is 0 Å². The van der Waals surface area contributed by atoms with Crippen LogP contribution in [0.3, 0.4) is 0 Å². The first-order chi connectivity index (χ1) is 5.86. The highest BCUT2D eigenvalue weighted by Gasteiger charge is 1.89. The highest BCUT2D eigenvalue weighted by atomic mass is 79.9. The van der Waals surface area contributed by atoms with Gasteiger partial charge in [-0.05, 0) is 18.1 Å². The summed E-state index contributed by atoms with van der Waals surface area (Å²) in [5.41, 5.74) is 1.25. The second-order valence-electron chi connectivity index (χ2n) is 2.03. The first-order valence-corrected chi connectivity index (χ1v) is 4.45. The van der Waals surface area contributed by atoms with Gasteiger partial charge < -0.3 is 0 Å². The minimum atomic E-state index is 0.569. The van der Waals surface area contributed by atoms with Crippen LogP contribution in [0.25, 0.3) is 0 Å². The molecule has 0 radical (unpaired) electrons. The fourth-order valence-electron chi connectivity index (χ4n) is 0.673. The molecule has 0 unspecified atom stereocenters. The Labute approximate surface area is 79.1 Å². The van der Waals surface area contributed by atoms with Crippen molar-refractivity contribution in [2.24, 2.45) is 0 Å². The molecule has 1 heterocycles. The standard InChI is InChI=1S/C9H6BrNO/c10-5-1-2-9-4-3-8(7-12)6-11-9/h3-4,6-7H,5H2. The van der Waals surface area contributed by atoms with Gasteiger partial charge in [0.25, 0.3) is 0 Å². The maximum absolute atomic E-state index is 10.2. The van der Waals surface area contributed by atoms with Crippen LogP contribution >= 0.6 is 15.9 Å². The molecule has 0 atom stereocenters. The Bertz CT molecular complexity index is 321. The molecule has 2 nitrogen and oxygen atoms in total. The second-order valence-corrected chi connectivity index (χ2v) is 2.59. The molecule has 0 N–H and O–H groups in total. The van der Waals surface area contributed by atoms with Gasteiger partial charge in [0, 0.05) is 11.8 Å². The second kappa shape index (κ2) is 4.68. The van der Waals surface area contributed by atoms with Crippen molar-refractivity contribution in [3.05, 3.63) is 29.6 Å². The number of halogens is 1. The predicted molar refractivity (Wildman–Crippen MR) is 50.3 cm³/mol. The highest BCUT2D eigenvalue weighted by molar-refractivity contribution is 9.09. The SMILES string of the molecule is O=Cc1ccc(C#CCBr)nc1. The number of aldehydes is 1. The van der Waals surface area contributed by atoms with Crippen molar-refractivity contribution >= 4 is 22.2 Å². The van der Waals surface area contributed by atoms with Crippen LogP contribution in [0, 0.1) is 11.8 Å². The molecule has 0 saturated carbocycles. The first kappa shape index (κ1) is 8.95. The van der Waals surface area contributed by atoms with E-state index in [4.69, 9.17) is 0 Å². The van der Waals surface area contributed by atoms with E-state index in [1.165, 1.54) is 6.20 Å². The van der Waals surface area contributed by atoms with Crippen molar-refractivity contribution in [1.29, 1.82) is 0 Å². The molecule has 3 heteroatoms. The lowest BCUT2D eigenvalue weighted by atomic mass is 10.3. The van der Waals surface area contributed by atoms with Crippen LogP contribution in [-0.4, -0.2) is 16.6 Å². The van der Waals surface area contributed by atoms with Crippen LogP contribution in [0.15, 0.2) is 18.3 Å². The van der Waals surface area contributed by atoms with Crippen molar-refractivity contribution < 1.29 is 4.79 Å². The number of carbonyl (C=O) groups excluding carboxylic acids is 1. The maximum atomic E-state index is 10.2. The monoisotopic (exact) mass is 223 g/mol. The third-order valence-corrected chi connectivity index (χ3v) is 1.49. The predicted octanol–water partition coefficient (Wildman–Crippen LogP) is 1.64. The van der Waals surface area contributed by atoms with E-state index in [0.29, 0.717) is 16.6 Å². The average molecular weight is 224 g/mol. The van der Waals surface area contributed by atoms with Crippen LogP contribution in [-0.2, 0) is 0 Å². The molecular formula is C9H6BrNO. The van der Waals surface area contributed by atoms with Crippen molar-refractivity contribution in [1.82, 2.24) is 4.98 Å². The van der Waals surface area contributed by atoms with Gasteiger partial charge in [0.2, 0.25) is 0 Å². The lowest BCUT2D eigenvalue weighted by Gasteiger charge is -1.89. The Morgan fingerprint density at radius 2 is 2.42 bits per heavy atom. The normalized spacial score (nSPS) is 8.42. The minimum absolute atomic E-state index is 0.569. The van der Waals surface area contributed by atoms with E-state index < -0.39 is 0 Å². The van der Waals surface area contributed by atoms with E-state index in [0.717, 1.165) is 6.29 Å². The number of hydrogen-bond acceptors (Lipinski definition) is 2. The number of hydrogen-bond donors (Lipinski definition) is 0. The largest absolute Gasteiger partial charge is 0.298 e. The molecule has 1 rings (SSSR count). The molecule has 0 saturated heterocycles.